The zero-order valence-corrected chi connectivity index (χ0v) is 13.4. The maximum Gasteiger partial charge on any atom is 0.326 e. The summed E-state index contributed by atoms with van der Waals surface area (Å²) < 4.78 is 5.17. The van der Waals surface area contributed by atoms with Crippen molar-refractivity contribution in [1.82, 2.24) is 4.90 Å². The van der Waals surface area contributed by atoms with Gasteiger partial charge in [0.1, 0.15) is 5.54 Å². The minimum absolute atomic E-state index is 0.194. The van der Waals surface area contributed by atoms with Crippen molar-refractivity contribution in [3.63, 3.8) is 0 Å². The van der Waals surface area contributed by atoms with Gasteiger partial charge in [-0.25, -0.2) is 0 Å². The average Bonchev–Trinajstić information content (AvgIpc) is 2.91. The van der Waals surface area contributed by atoms with Crippen LogP contribution in [0.3, 0.4) is 0 Å². The molecule has 1 saturated heterocycles. The molecule has 4 nitrogen and oxygen atoms in total. The molecule has 3 aliphatic rings. The molecule has 1 heterocycles. The highest BCUT2D eigenvalue weighted by atomic mass is 16.5. The van der Waals surface area contributed by atoms with Crippen molar-refractivity contribution in [2.75, 3.05) is 19.7 Å². The number of nitrogens with two attached hydrogens (primary N) is 1. The molecule has 2 N–H and O–H groups in total. The molecular formula is C17H30N2O2. The first-order valence-electron chi connectivity index (χ1n) is 8.82. The highest BCUT2D eigenvalue weighted by Gasteiger charge is 2.46. The van der Waals surface area contributed by atoms with Crippen LogP contribution in [-0.2, 0) is 9.53 Å². The van der Waals surface area contributed by atoms with Crippen LogP contribution >= 0.6 is 0 Å². The number of likely N-dealkylation sites (tertiary alicyclic amines) is 1. The van der Waals surface area contributed by atoms with E-state index >= 15 is 0 Å². The predicted molar refractivity (Wildman–Crippen MR) is 82.8 cm³/mol. The van der Waals surface area contributed by atoms with Crippen molar-refractivity contribution in [1.29, 1.82) is 0 Å². The first-order chi connectivity index (χ1) is 10.1. The number of hydrogen-bond donors (Lipinski definition) is 1. The Morgan fingerprint density at radius 1 is 1.24 bits per heavy atom. The quantitative estimate of drug-likeness (QED) is 0.812. The Hall–Kier alpha value is -0.610. The number of fused-ring (bicyclic) bond motifs is 1. The Morgan fingerprint density at radius 3 is 2.76 bits per heavy atom. The lowest BCUT2D eigenvalue weighted by Gasteiger charge is -2.43. The van der Waals surface area contributed by atoms with Gasteiger partial charge in [0, 0.05) is 12.6 Å². The van der Waals surface area contributed by atoms with Crippen molar-refractivity contribution in [2.24, 2.45) is 17.6 Å². The molecule has 1 aliphatic heterocycles. The fourth-order valence-electron chi connectivity index (χ4n) is 4.78. The number of esters is 1. The topological polar surface area (TPSA) is 55.6 Å². The van der Waals surface area contributed by atoms with Crippen LogP contribution in [0, 0.1) is 11.8 Å². The second kappa shape index (κ2) is 6.25. The van der Waals surface area contributed by atoms with E-state index in [2.05, 4.69) is 4.90 Å². The molecule has 4 atom stereocenters. The molecule has 3 fully saturated rings. The highest BCUT2D eigenvalue weighted by Crippen LogP contribution is 2.40. The molecule has 0 bridgehead atoms. The normalized spacial score (nSPS) is 40.8. The molecule has 0 aromatic heterocycles. The Labute approximate surface area is 128 Å². The molecule has 4 unspecified atom stereocenters. The second-order valence-corrected chi connectivity index (χ2v) is 7.36. The number of nitrogens with zero attached hydrogens (tertiary/aromatic N) is 1. The standard InChI is InChI=1S/C17H30N2O2/c1-2-21-16(20)17(18)9-7-15(11-17)19-10-8-13-5-3-4-6-14(13)12-19/h13-15H,2-12,18H2,1H3. The minimum atomic E-state index is -0.732. The van der Waals surface area contributed by atoms with E-state index in [0.29, 0.717) is 12.6 Å². The highest BCUT2D eigenvalue weighted by molar-refractivity contribution is 5.81. The van der Waals surface area contributed by atoms with E-state index in [-0.39, 0.29) is 5.97 Å². The van der Waals surface area contributed by atoms with Gasteiger partial charge in [-0.3, -0.25) is 4.79 Å². The summed E-state index contributed by atoms with van der Waals surface area (Å²) in [5, 5.41) is 0. The van der Waals surface area contributed by atoms with Gasteiger partial charge < -0.3 is 15.4 Å². The lowest BCUT2D eigenvalue weighted by atomic mass is 9.75. The molecule has 2 aliphatic carbocycles. The number of hydrogen-bond acceptors (Lipinski definition) is 4. The van der Waals surface area contributed by atoms with E-state index in [9.17, 15) is 4.79 Å². The van der Waals surface area contributed by atoms with Gasteiger partial charge in [0.05, 0.1) is 6.61 Å². The Morgan fingerprint density at radius 2 is 2.00 bits per heavy atom. The summed E-state index contributed by atoms with van der Waals surface area (Å²) in [6.45, 7) is 4.70. The summed E-state index contributed by atoms with van der Waals surface area (Å²) in [6.07, 6.45) is 9.63. The van der Waals surface area contributed by atoms with Crippen LogP contribution in [0.4, 0.5) is 0 Å². The average molecular weight is 294 g/mol. The van der Waals surface area contributed by atoms with E-state index in [1.165, 1.54) is 45.2 Å². The third kappa shape index (κ3) is 3.11. The summed E-state index contributed by atoms with van der Waals surface area (Å²) >= 11 is 0. The first-order valence-corrected chi connectivity index (χ1v) is 8.82. The SMILES string of the molecule is CCOC(=O)C1(N)CCC(N2CCC3CCCCC3C2)C1. The van der Waals surface area contributed by atoms with E-state index < -0.39 is 5.54 Å². The van der Waals surface area contributed by atoms with Crippen LogP contribution in [0.25, 0.3) is 0 Å². The maximum absolute atomic E-state index is 12.1. The van der Waals surface area contributed by atoms with Gasteiger partial charge in [0.2, 0.25) is 0 Å². The summed E-state index contributed by atoms with van der Waals surface area (Å²) in [7, 11) is 0. The predicted octanol–water partition coefficient (Wildman–Crippen LogP) is 2.31. The van der Waals surface area contributed by atoms with Gasteiger partial charge in [0.15, 0.2) is 0 Å². The second-order valence-electron chi connectivity index (χ2n) is 7.36. The fourth-order valence-corrected chi connectivity index (χ4v) is 4.78. The van der Waals surface area contributed by atoms with Crippen molar-refractivity contribution in [2.45, 2.75) is 69.9 Å². The lowest BCUT2D eigenvalue weighted by molar-refractivity contribution is -0.149. The molecule has 0 aromatic carbocycles. The molecule has 4 heteroatoms. The number of carbonyl (C=O) groups is 1. The smallest absolute Gasteiger partial charge is 0.326 e. The Bertz CT molecular complexity index is 387. The van der Waals surface area contributed by atoms with Crippen LogP contribution in [0.2, 0.25) is 0 Å². The van der Waals surface area contributed by atoms with Gasteiger partial charge in [-0.15, -0.1) is 0 Å². The third-order valence-electron chi connectivity index (χ3n) is 6.04. The van der Waals surface area contributed by atoms with E-state index in [0.717, 1.165) is 31.1 Å². The molecule has 2 saturated carbocycles. The van der Waals surface area contributed by atoms with Crippen LogP contribution in [0.15, 0.2) is 0 Å². The fraction of sp³-hybridized carbons (Fsp3) is 0.941. The van der Waals surface area contributed by atoms with E-state index in [1.54, 1.807) is 0 Å². The molecule has 120 valence electrons. The van der Waals surface area contributed by atoms with E-state index in [4.69, 9.17) is 10.5 Å². The van der Waals surface area contributed by atoms with Gasteiger partial charge in [-0.1, -0.05) is 19.3 Å². The number of carbonyl (C=O) groups excluding carboxylic acids is 1. The molecule has 21 heavy (non-hydrogen) atoms. The number of piperidine rings is 1. The zero-order chi connectivity index (χ0) is 14.9. The van der Waals surface area contributed by atoms with Crippen molar-refractivity contribution < 1.29 is 9.53 Å². The van der Waals surface area contributed by atoms with Crippen LogP contribution in [0.5, 0.6) is 0 Å². The molecule has 3 rings (SSSR count). The first kappa shape index (κ1) is 15.3. The molecule has 0 aromatic rings. The third-order valence-corrected chi connectivity index (χ3v) is 6.04. The number of rotatable bonds is 3. The van der Waals surface area contributed by atoms with Crippen LogP contribution < -0.4 is 5.73 Å². The molecule has 0 radical (unpaired) electrons. The van der Waals surface area contributed by atoms with Crippen molar-refractivity contribution in [3.8, 4) is 0 Å². The molecule has 0 amide bonds. The van der Waals surface area contributed by atoms with Crippen LogP contribution in [-0.4, -0.2) is 42.1 Å². The van der Waals surface area contributed by atoms with Crippen molar-refractivity contribution >= 4 is 5.97 Å². The van der Waals surface area contributed by atoms with Crippen LogP contribution in [0.1, 0.15) is 58.3 Å². The van der Waals surface area contributed by atoms with Gasteiger partial charge in [-0.2, -0.15) is 0 Å². The molecule has 0 spiro atoms. The summed E-state index contributed by atoms with van der Waals surface area (Å²) in [5.74, 6) is 1.66. The summed E-state index contributed by atoms with van der Waals surface area (Å²) in [4.78, 5) is 14.7. The van der Waals surface area contributed by atoms with Gasteiger partial charge in [0.25, 0.3) is 0 Å². The Balaban J connectivity index is 1.57. The minimum Gasteiger partial charge on any atom is -0.465 e. The van der Waals surface area contributed by atoms with E-state index in [1.807, 2.05) is 6.92 Å². The summed E-state index contributed by atoms with van der Waals surface area (Å²) in [5.41, 5.74) is 5.58. The molecular weight excluding hydrogens is 264 g/mol. The lowest BCUT2D eigenvalue weighted by Crippen LogP contribution is -2.50. The van der Waals surface area contributed by atoms with Gasteiger partial charge in [-0.05, 0) is 57.4 Å². The van der Waals surface area contributed by atoms with Gasteiger partial charge >= 0.3 is 5.97 Å². The summed E-state index contributed by atoms with van der Waals surface area (Å²) in [6, 6.07) is 0.488. The largest absolute Gasteiger partial charge is 0.465 e. The van der Waals surface area contributed by atoms with Crippen molar-refractivity contribution in [3.05, 3.63) is 0 Å². The maximum atomic E-state index is 12.1. The number of ether oxygens (including phenoxy) is 1. The monoisotopic (exact) mass is 294 g/mol. The Kier molecular flexibility index (Phi) is 4.55. The zero-order valence-electron chi connectivity index (χ0n) is 13.4.